The average Bonchev–Trinajstić information content (AvgIpc) is 3.19. The highest BCUT2D eigenvalue weighted by atomic mass is 32.2. The van der Waals surface area contributed by atoms with E-state index in [1.807, 2.05) is 32.2 Å². The summed E-state index contributed by atoms with van der Waals surface area (Å²) in [6, 6.07) is 8.98. The Morgan fingerprint density at radius 2 is 2.06 bits per heavy atom. The Morgan fingerprint density at radius 1 is 1.23 bits per heavy atom. The summed E-state index contributed by atoms with van der Waals surface area (Å²) in [6.07, 6.45) is 6.66. The van der Waals surface area contributed by atoms with Gasteiger partial charge in [-0.3, -0.25) is 4.79 Å². The molecular formula is C23H26N4O3S. The van der Waals surface area contributed by atoms with Gasteiger partial charge in [-0.15, -0.1) is 0 Å². The van der Waals surface area contributed by atoms with Crippen molar-refractivity contribution >= 4 is 32.5 Å². The maximum atomic E-state index is 12.6. The van der Waals surface area contributed by atoms with Crippen LogP contribution >= 0.6 is 0 Å². The molecule has 1 aliphatic heterocycles. The zero-order chi connectivity index (χ0) is 22.0. The van der Waals surface area contributed by atoms with Gasteiger partial charge in [-0.2, -0.15) is 0 Å². The van der Waals surface area contributed by atoms with Gasteiger partial charge in [0.2, 0.25) is 15.9 Å². The average molecular weight is 439 g/mol. The lowest BCUT2D eigenvalue weighted by Crippen LogP contribution is -2.37. The molecule has 0 atom stereocenters. The summed E-state index contributed by atoms with van der Waals surface area (Å²) in [6.45, 7) is 5.02. The first-order valence-corrected chi connectivity index (χ1v) is 11.8. The number of H-pyrrole nitrogens is 1. The topological polar surface area (TPSA) is 95.2 Å². The van der Waals surface area contributed by atoms with Crippen LogP contribution in [0.15, 0.2) is 53.7 Å². The molecule has 31 heavy (non-hydrogen) atoms. The molecule has 0 unspecified atom stereocenters. The van der Waals surface area contributed by atoms with Gasteiger partial charge in [0.15, 0.2) is 0 Å². The number of hydrogen-bond donors (Lipinski definition) is 2. The number of aromatic amines is 1. The van der Waals surface area contributed by atoms with Crippen LogP contribution < -0.4 is 4.72 Å². The van der Waals surface area contributed by atoms with Gasteiger partial charge in [-0.25, -0.2) is 18.1 Å². The Balaban J connectivity index is 1.33. The predicted molar refractivity (Wildman–Crippen MR) is 121 cm³/mol. The van der Waals surface area contributed by atoms with E-state index < -0.39 is 10.0 Å². The van der Waals surface area contributed by atoms with Gasteiger partial charge in [-0.05, 0) is 61.2 Å². The van der Waals surface area contributed by atoms with Gasteiger partial charge in [0.05, 0.1) is 4.90 Å². The lowest BCUT2D eigenvalue weighted by Gasteiger charge is -2.26. The molecule has 0 bridgehead atoms. The van der Waals surface area contributed by atoms with Crippen LogP contribution in [0, 0.1) is 13.8 Å². The molecule has 3 heterocycles. The Hall–Kier alpha value is -2.97. The number of aromatic nitrogens is 2. The maximum absolute atomic E-state index is 12.6. The lowest BCUT2D eigenvalue weighted by atomic mass is 9.99. The number of sulfonamides is 1. The number of carbonyl (C=O) groups excluding carboxylic acids is 1. The van der Waals surface area contributed by atoms with E-state index in [4.69, 9.17) is 0 Å². The van der Waals surface area contributed by atoms with Gasteiger partial charge in [0, 0.05) is 49.4 Å². The van der Waals surface area contributed by atoms with Crippen LogP contribution in [0.2, 0.25) is 0 Å². The van der Waals surface area contributed by atoms with Crippen LogP contribution in [-0.4, -0.2) is 48.8 Å². The minimum atomic E-state index is -3.63. The Kier molecular flexibility index (Phi) is 5.93. The SMILES string of the molecule is Cc1ccc(S(=O)(=O)NCCC(=O)N2CC=C(c3c[nH]c4ncccc34)CC2)cc1C. The van der Waals surface area contributed by atoms with E-state index in [1.54, 1.807) is 29.3 Å². The van der Waals surface area contributed by atoms with Crippen molar-refractivity contribution in [3.05, 3.63) is 65.5 Å². The van der Waals surface area contributed by atoms with Crippen molar-refractivity contribution in [1.29, 1.82) is 0 Å². The smallest absolute Gasteiger partial charge is 0.240 e. The number of carbonyl (C=O) groups is 1. The molecule has 2 N–H and O–H groups in total. The predicted octanol–water partition coefficient (Wildman–Crippen LogP) is 3.16. The van der Waals surface area contributed by atoms with Gasteiger partial charge in [0.25, 0.3) is 0 Å². The number of nitrogens with one attached hydrogen (secondary N) is 2. The van der Waals surface area contributed by atoms with Crippen LogP contribution in [0.1, 0.15) is 29.5 Å². The van der Waals surface area contributed by atoms with E-state index in [9.17, 15) is 13.2 Å². The highest BCUT2D eigenvalue weighted by molar-refractivity contribution is 7.89. The van der Waals surface area contributed by atoms with Crippen molar-refractivity contribution in [2.24, 2.45) is 0 Å². The van der Waals surface area contributed by atoms with Crippen LogP contribution in [-0.2, 0) is 14.8 Å². The molecule has 1 amide bonds. The molecule has 162 valence electrons. The molecule has 1 aliphatic rings. The van der Waals surface area contributed by atoms with Gasteiger partial charge >= 0.3 is 0 Å². The number of aryl methyl sites for hydroxylation is 2. The number of benzene rings is 1. The van der Waals surface area contributed by atoms with Gasteiger partial charge in [-0.1, -0.05) is 12.1 Å². The second-order valence-corrected chi connectivity index (χ2v) is 9.58. The normalized spacial score (nSPS) is 14.6. The van der Waals surface area contributed by atoms with E-state index in [-0.39, 0.29) is 23.8 Å². The molecule has 3 aromatic rings. The number of amides is 1. The molecule has 2 aromatic heterocycles. The molecule has 0 spiro atoms. The molecule has 1 aromatic carbocycles. The Labute approximate surface area is 182 Å². The Bertz CT molecular complexity index is 1260. The van der Waals surface area contributed by atoms with E-state index in [1.165, 1.54) is 5.57 Å². The number of pyridine rings is 1. The van der Waals surface area contributed by atoms with Crippen molar-refractivity contribution in [2.75, 3.05) is 19.6 Å². The molecule has 0 saturated carbocycles. The van der Waals surface area contributed by atoms with Crippen LogP contribution in [0.25, 0.3) is 16.6 Å². The van der Waals surface area contributed by atoms with Crippen LogP contribution in [0.4, 0.5) is 0 Å². The summed E-state index contributed by atoms with van der Waals surface area (Å²) >= 11 is 0. The minimum absolute atomic E-state index is 0.0568. The van der Waals surface area contributed by atoms with Crippen LogP contribution in [0.3, 0.4) is 0 Å². The monoisotopic (exact) mass is 438 g/mol. The summed E-state index contributed by atoms with van der Waals surface area (Å²) in [5, 5.41) is 1.08. The number of nitrogens with zero attached hydrogens (tertiary/aromatic N) is 2. The van der Waals surface area contributed by atoms with E-state index in [0.29, 0.717) is 13.1 Å². The molecule has 0 aliphatic carbocycles. The van der Waals surface area contributed by atoms with Crippen molar-refractivity contribution in [3.8, 4) is 0 Å². The zero-order valence-electron chi connectivity index (χ0n) is 17.7. The summed E-state index contributed by atoms with van der Waals surface area (Å²) < 4.78 is 27.5. The first-order valence-electron chi connectivity index (χ1n) is 10.3. The number of rotatable bonds is 6. The third kappa shape index (κ3) is 4.55. The third-order valence-corrected chi connectivity index (χ3v) is 7.24. The fraction of sp³-hybridized carbons (Fsp3) is 0.304. The Morgan fingerprint density at radius 3 is 2.81 bits per heavy atom. The molecule has 0 radical (unpaired) electrons. The van der Waals surface area contributed by atoms with Crippen LogP contribution in [0.5, 0.6) is 0 Å². The van der Waals surface area contributed by atoms with Gasteiger partial charge < -0.3 is 9.88 Å². The number of hydrogen-bond acceptors (Lipinski definition) is 4. The molecule has 0 saturated heterocycles. The van der Waals surface area contributed by atoms with E-state index >= 15 is 0 Å². The van der Waals surface area contributed by atoms with Crippen molar-refractivity contribution in [1.82, 2.24) is 19.6 Å². The first kappa shape index (κ1) is 21.3. The largest absolute Gasteiger partial charge is 0.346 e. The van der Waals surface area contributed by atoms with Crippen molar-refractivity contribution in [3.63, 3.8) is 0 Å². The number of fused-ring (bicyclic) bond motifs is 1. The summed E-state index contributed by atoms with van der Waals surface area (Å²) in [7, 11) is -3.63. The summed E-state index contributed by atoms with van der Waals surface area (Å²) in [5.74, 6) is -0.0568. The van der Waals surface area contributed by atoms with Crippen molar-refractivity contribution < 1.29 is 13.2 Å². The fourth-order valence-electron chi connectivity index (χ4n) is 3.78. The molecule has 0 fully saturated rings. The highest BCUT2D eigenvalue weighted by Gasteiger charge is 2.20. The zero-order valence-corrected chi connectivity index (χ0v) is 18.5. The second-order valence-electron chi connectivity index (χ2n) is 7.81. The second kappa shape index (κ2) is 8.64. The molecular weight excluding hydrogens is 412 g/mol. The van der Waals surface area contributed by atoms with Crippen molar-refractivity contribution in [2.45, 2.75) is 31.6 Å². The summed E-state index contributed by atoms with van der Waals surface area (Å²) in [4.78, 5) is 22.1. The quantitative estimate of drug-likeness (QED) is 0.618. The van der Waals surface area contributed by atoms with Gasteiger partial charge in [0.1, 0.15) is 5.65 Å². The maximum Gasteiger partial charge on any atom is 0.240 e. The fourth-order valence-corrected chi connectivity index (χ4v) is 4.89. The summed E-state index contributed by atoms with van der Waals surface area (Å²) in [5.41, 5.74) is 5.12. The molecule has 7 nitrogen and oxygen atoms in total. The van der Waals surface area contributed by atoms with E-state index in [2.05, 4.69) is 20.8 Å². The standard InChI is InChI=1S/C23H26N4O3S/c1-16-5-6-19(14-17(16)2)31(29,30)26-11-7-22(28)27-12-8-18(9-13-27)21-15-25-23-20(21)4-3-10-24-23/h3-6,8,10,14-15,26H,7,9,11-13H2,1-2H3,(H,24,25). The molecule has 8 heteroatoms. The minimum Gasteiger partial charge on any atom is -0.346 e. The molecule has 4 rings (SSSR count). The third-order valence-electron chi connectivity index (χ3n) is 5.78. The lowest BCUT2D eigenvalue weighted by molar-refractivity contribution is -0.130. The first-order chi connectivity index (χ1) is 14.8. The highest BCUT2D eigenvalue weighted by Crippen LogP contribution is 2.28. The van der Waals surface area contributed by atoms with E-state index in [0.717, 1.165) is 34.1 Å².